The van der Waals surface area contributed by atoms with Gasteiger partial charge in [0.25, 0.3) is 0 Å². The van der Waals surface area contributed by atoms with Gasteiger partial charge in [0.15, 0.2) is 0 Å². The average molecular weight is 359 g/mol. The van der Waals surface area contributed by atoms with Gasteiger partial charge in [0, 0.05) is 41.2 Å². The molecule has 0 bridgehead atoms. The molecule has 1 fully saturated rings. The number of aromatic nitrogens is 1. The molecule has 0 atom stereocenters. The number of pyridine rings is 1. The van der Waals surface area contributed by atoms with Crippen LogP contribution >= 0.6 is 35.8 Å². The maximum absolute atomic E-state index is 6.03. The van der Waals surface area contributed by atoms with Gasteiger partial charge in [-0.1, -0.05) is 11.6 Å². The molecule has 1 aliphatic rings. The quantitative estimate of drug-likeness (QED) is 0.740. The molecule has 2 aromatic rings. The smallest absolute Gasteiger partial charge is 0.214 e. The van der Waals surface area contributed by atoms with Crippen LogP contribution in [0.4, 0.5) is 0 Å². The largest absolute Gasteiger partial charge is 0.478 e. The Morgan fingerprint density at radius 2 is 2.23 bits per heavy atom. The summed E-state index contributed by atoms with van der Waals surface area (Å²) in [5.74, 6) is 3.13. The summed E-state index contributed by atoms with van der Waals surface area (Å²) in [6, 6.07) is 7.75. The molecule has 3 rings (SSSR count). The zero-order valence-electron chi connectivity index (χ0n) is 12.5. The number of nitrogens with zero attached hydrogens (tertiary/aromatic N) is 2. The highest BCUT2D eigenvalue weighted by molar-refractivity contribution is 7.99. The Kier molecular flexibility index (Phi) is 6.63. The molecule has 1 aliphatic heterocycles. The minimum Gasteiger partial charge on any atom is -0.478 e. The van der Waals surface area contributed by atoms with E-state index in [1.54, 1.807) is 0 Å². The third-order valence-electron chi connectivity index (χ3n) is 3.65. The summed E-state index contributed by atoms with van der Waals surface area (Å²) in [6.07, 6.45) is 1.04. The van der Waals surface area contributed by atoms with Gasteiger partial charge in [-0.3, -0.25) is 4.90 Å². The van der Waals surface area contributed by atoms with Crippen LogP contribution in [0.25, 0.3) is 10.9 Å². The summed E-state index contributed by atoms with van der Waals surface area (Å²) in [4.78, 5) is 7.02. The van der Waals surface area contributed by atoms with E-state index in [2.05, 4.69) is 16.8 Å². The molecule has 0 amide bonds. The number of rotatable bonds is 5. The van der Waals surface area contributed by atoms with Crippen molar-refractivity contribution < 1.29 is 4.74 Å². The first-order valence-corrected chi connectivity index (χ1v) is 8.75. The van der Waals surface area contributed by atoms with Crippen molar-refractivity contribution >= 4 is 46.7 Å². The second kappa shape index (κ2) is 8.25. The van der Waals surface area contributed by atoms with E-state index in [1.165, 1.54) is 12.3 Å². The van der Waals surface area contributed by atoms with E-state index in [4.69, 9.17) is 16.3 Å². The maximum atomic E-state index is 6.03. The van der Waals surface area contributed by atoms with E-state index in [1.807, 2.05) is 36.0 Å². The van der Waals surface area contributed by atoms with Gasteiger partial charge in [0.1, 0.15) is 0 Å². The molecule has 22 heavy (non-hydrogen) atoms. The summed E-state index contributed by atoms with van der Waals surface area (Å²) in [7, 11) is 0. The standard InChI is InChI=1S/C16H19ClN2OS.ClH/c1-12-9-16(18-15-4-3-13(17)10-14(12)15)20-7-2-5-19-6-8-21-11-19;/h3-4,9-10H,2,5-8,11H2,1H3;1H. The van der Waals surface area contributed by atoms with Crippen LogP contribution in [0.1, 0.15) is 12.0 Å². The molecule has 2 heterocycles. The molecule has 0 aliphatic carbocycles. The Morgan fingerprint density at radius 1 is 1.36 bits per heavy atom. The summed E-state index contributed by atoms with van der Waals surface area (Å²) < 4.78 is 5.81. The fourth-order valence-corrected chi connectivity index (χ4v) is 3.71. The molecule has 0 saturated carbocycles. The Morgan fingerprint density at radius 3 is 3.00 bits per heavy atom. The first-order chi connectivity index (χ1) is 10.2. The van der Waals surface area contributed by atoms with E-state index in [9.17, 15) is 0 Å². The first kappa shape index (κ1) is 17.7. The van der Waals surface area contributed by atoms with Gasteiger partial charge < -0.3 is 4.74 Å². The van der Waals surface area contributed by atoms with Gasteiger partial charge in [-0.15, -0.1) is 24.2 Å². The average Bonchev–Trinajstić information content (AvgIpc) is 2.98. The van der Waals surface area contributed by atoms with Crippen molar-refractivity contribution in [1.29, 1.82) is 0 Å². The number of halogens is 2. The molecule has 3 nitrogen and oxygen atoms in total. The van der Waals surface area contributed by atoms with Crippen molar-refractivity contribution in [3.8, 4) is 5.88 Å². The normalized spacial score (nSPS) is 15.0. The topological polar surface area (TPSA) is 25.4 Å². The molecule has 1 aromatic heterocycles. The molecule has 0 unspecified atom stereocenters. The van der Waals surface area contributed by atoms with E-state index in [0.29, 0.717) is 12.5 Å². The van der Waals surface area contributed by atoms with Crippen LogP contribution in [-0.2, 0) is 0 Å². The molecule has 1 aromatic carbocycles. The summed E-state index contributed by atoms with van der Waals surface area (Å²) >= 11 is 8.03. The Hall–Kier alpha value is -0.680. The highest BCUT2D eigenvalue weighted by Gasteiger charge is 2.11. The number of fused-ring (bicyclic) bond motifs is 1. The van der Waals surface area contributed by atoms with Gasteiger partial charge in [0.05, 0.1) is 12.1 Å². The van der Waals surface area contributed by atoms with Gasteiger partial charge in [-0.2, -0.15) is 0 Å². The van der Waals surface area contributed by atoms with Crippen molar-refractivity contribution in [2.45, 2.75) is 13.3 Å². The van der Waals surface area contributed by atoms with Crippen LogP contribution < -0.4 is 4.74 Å². The fraction of sp³-hybridized carbons (Fsp3) is 0.438. The van der Waals surface area contributed by atoms with E-state index in [-0.39, 0.29) is 12.4 Å². The zero-order chi connectivity index (χ0) is 14.7. The second-order valence-electron chi connectivity index (χ2n) is 5.30. The Labute approximate surface area is 146 Å². The monoisotopic (exact) mass is 358 g/mol. The number of aryl methyl sites for hydroxylation is 1. The molecule has 6 heteroatoms. The van der Waals surface area contributed by atoms with Crippen molar-refractivity contribution in [2.24, 2.45) is 0 Å². The third-order valence-corrected chi connectivity index (χ3v) is 4.90. The minimum atomic E-state index is 0. The second-order valence-corrected chi connectivity index (χ2v) is 6.81. The predicted octanol–water partition coefficient (Wildman–Crippen LogP) is 4.39. The van der Waals surface area contributed by atoms with E-state index < -0.39 is 0 Å². The number of benzene rings is 1. The first-order valence-electron chi connectivity index (χ1n) is 7.22. The lowest BCUT2D eigenvalue weighted by Crippen LogP contribution is -2.22. The van der Waals surface area contributed by atoms with Crippen LogP contribution in [0.3, 0.4) is 0 Å². The maximum Gasteiger partial charge on any atom is 0.214 e. The van der Waals surface area contributed by atoms with Gasteiger partial charge >= 0.3 is 0 Å². The molecular formula is C16H20Cl2N2OS. The molecule has 0 N–H and O–H groups in total. The Balaban J connectivity index is 0.00000176. The number of hydrogen-bond donors (Lipinski definition) is 0. The summed E-state index contributed by atoms with van der Waals surface area (Å²) in [6.45, 7) is 5.09. The Bertz CT molecular complexity index is 633. The van der Waals surface area contributed by atoms with Crippen LogP contribution in [-0.4, -0.2) is 41.2 Å². The van der Waals surface area contributed by atoms with Crippen molar-refractivity contribution in [1.82, 2.24) is 9.88 Å². The minimum absolute atomic E-state index is 0. The van der Waals surface area contributed by atoms with Crippen LogP contribution in [0.2, 0.25) is 5.02 Å². The van der Waals surface area contributed by atoms with Crippen LogP contribution in [0.15, 0.2) is 24.3 Å². The SMILES string of the molecule is Cc1cc(OCCCN2CCSC2)nc2ccc(Cl)cc12.Cl. The van der Waals surface area contributed by atoms with Crippen molar-refractivity contribution in [3.63, 3.8) is 0 Å². The number of thioether (sulfide) groups is 1. The summed E-state index contributed by atoms with van der Waals surface area (Å²) in [5, 5.41) is 1.83. The summed E-state index contributed by atoms with van der Waals surface area (Å²) in [5.41, 5.74) is 2.08. The fourth-order valence-electron chi connectivity index (χ4n) is 2.50. The molecule has 0 spiro atoms. The molecule has 0 radical (unpaired) electrons. The third kappa shape index (κ3) is 4.42. The lowest BCUT2D eigenvalue weighted by molar-refractivity contribution is 0.262. The van der Waals surface area contributed by atoms with E-state index in [0.717, 1.165) is 40.3 Å². The van der Waals surface area contributed by atoms with Crippen LogP contribution in [0.5, 0.6) is 5.88 Å². The molecular weight excluding hydrogens is 339 g/mol. The molecule has 120 valence electrons. The highest BCUT2D eigenvalue weighted by atomic mass is 35.5. The van der Waals surface area contributed by atoms with Crippen molar-refractivity contribution in [2.75, 3.05) is 31.3 Å². The van der Waals surface area contributed by atoms with E-state index >= 15 is 0 Å². The van der Waals surface area contributed by atoms with Gasteiger partial charge in [-0.25, -0.2) is 4.98 Å². The lowest BCUT2D eigenvalue weighted by atomic mass is 10.1. The lowest BCUT2D eigenvalue weighted by Gasteiger charge is -2.14. The highest BCUT2D eigenvalue weighted by Crippen LogP contribution is 2.24. The van der Waals surface area contributed by atoms with Crippen LogP contribution in [0, 0.1) is 6.92 Å². The van der Waals surface area contributed by atoms with Crippen molar-refractivity contribution in [3.05, 3.63) is 34.9 Å². The number of hydrogen-bond acceptors (Lipinski definition) is 4. The van der Waals surface area contributed by atoms with Gasteiger partial charge in [0.2, 0.25) is 5.88 Å². The zero-order valence-corrected chi connectivity index (χ0v) is 14.9. The van der Waals surface area contributed by atoms with Gasteiger partial charge in [-0.05, 0) is 37.1 Å². The number of ether oxygens (including phenoxy) is 1. The predicted molar refractivity (Wildman–Crippen MR) is 97.7 cm³/mol. The molecule has 1 saturated heterocycles.